The fraction of sp³-hybridized carbons (Fsp3) is 0.300. The van der Waals surface area contributed by atoms with Gasteiger partial charge in [-0.15, -0.1) is 0 Å². The van der Waals surface area contributed by atoms with Gasteiger partial charge in [-0.05, 0) is 12.1 Å². The molecule has 2 aromatic rings. The Balaban J connectivity index is 2.20. The maximum Gasteiger partial charge on any atom is 0.389 e. The van der Waals surface area contributed by atoms with Gasteiger partial charge in [0.05, 0.1) is 6.42 Å². The first-order valence-electron chi connectivity index (χ1n) is 4.66. The highest BCUT2D eigenvalue weighted by Gasteiger charge is 2.27. The van der Waals surface area contributed by atoms with E-state index in [0.717, 1.165) is 0 Å². The van der Waals surface area contributed by atoms with Crippen LogP contribution in [0.4, 0.5) is 18.9 Å². The molecule has 0 aliphatic rings. The highest BCUT2D eigenvalue weighted by molar-refractivity contribution is 5.76. The summed E-state index contributed by atoms with van der Waals surface area (Å²) in [4.78, 5) is 3.93. The second kappa shape index (κ2) is 3.70. The number of anilines is 1. The Bertz CT molecular complexity index is 504. The normalized spacial score (nSPS) is 12.2. The van der Waals surface area contributed by atoms with E-state index in [1.807, 2.05) is 0 Å². The highest BCUT2D eigenvalue weighted by Crippen LogP contribution is 2.24. The summed E-state index contributed by atoms with van der Waals surface area (Å²) in [5, 5.41) is 0. The number of alkyl halides is 3. The maximum atomic E-state index is 12.0. The van der Waals surface area contributed by atoms with Gasteiger partial charge >= 0.3 is 6.18 Å². The van der Waals surface area contributed by atoms with Crippen molar-refractivity contribution in [3.05, 3.63) is 24.1 Å². The number of halogens is 3. The predicted octanol–water partition coefficient (Wildman–Crippen LogP) is 2.90. The largest absolute Gasteiger partial charge is 0.441 e. The third-order valence-corrected chi connectivity index (χ3v) is 2.08. The van der Waals surface area contributed by atoms with E-state index in [9.17, 15) is 13.2 Å². The average Bonchev–Trinajstić information content (AvgIpc) is 2.55. The average molecular weight is 230 g/mol. The highest BCUT2D eigenvalue weighted by atomic mass is 19.4. The molecule has 0 radical (unpaired) electrons. The van der Waals surface area contributed by atoms with Crippen molar-refractivity contribution >= 4 is 16.8 Å². The summed E-state index contributed by atoms with van der Waals surface area (Å²) in [6, 6.07) is 4.78. The van der Waals surface area contributed by atoms with Gasteiger partial charge in [0, 0.05) is 18.2 Å². The lowest BCUT2D eigenvalue weighted by atomic mass is 10.3. The van der Waals surface area contributed by atoms with Crippen LogP contribution in [0, 0.1) is 0 Å². The van der Waals surface area contributed by atoms with Gasteiger partial charge in [0.1, 0.15) is 5.52 Å². The summed E-state index contributed by atoms with van der Waals surface area (Å²) < 4.78 is 41.1. The summed E-state index contributed by atoms with van der Waals surface area (Å²) in [5.41, 5.74) is 6.93. The van der Waals surface area contributed by atoms with E-state index in [2.05, 4.69) is 4.98 Å². The van der Waals surface area contributed by atoms with Crippen LogP contribution >= 0.6 is 0 Å². The van der Waals surface area contributed by atoms with E-state index in [4.69, 9.17) is 10.2 Å². The lowest BCUT2D eigenvalue weighted by molar-refractivity contribution is -0.134. The van der Waals surface area contributed by atoms with Crippen molar-refractivity contribution in [1.29, 1.82) is 0 Å². The maximum absolute atomic E-state index is 12.0. The Morgan fingerprint density at radius 1 is 1.31 bits per heavy atom. The third kappa shape index (κ3) is 2.44. The summed E-state index contributed by atoms with van der Waals surface area (Å²) in [7, 11) is 0. The number of oxazole rings is 1. The summed E-state index contributed by atoms with van der Waals surface area (Å²) in [5.74, 6) is 0.0814. The van der Waals surface area contributed by atoms with Gasteiger partial charge in [-0.25, -0.2) is 4.98 Å². The van der Waals surface area contributed by atoms with Crippen LogP contribution in [0.1, 0.15) is 12.3 Å². The molecule has 1 aromatic heterocycles. The Morgan fingerprint density at radius 3 is 2.75 bits per heavy atom. The molecule has 0 aliphatic heterocycles. The van der Waals surface area contributed by atoms with E-state index >= 15 is 0 Å². The Kier molecular flexibility index (Phi) is 2.49. The number of aromatic nitrogens is 1. The van der Waals surface area contributed by atoms with Gasteiger partial charge in [0.25, 0.3) is 0 Å². The molecule has 2 N–H and O–H groups in total. The minimum absolute atomic E-state index is 0.0814. The van der Waals surface area contributed by atoms with Gasteiger partial charge in [-0.1, -0.05) is 0 Å². The Labute approximate surface area is 89.1 Å². The van der Waals surface area contributed by atoms with Crippen LogP contribution < -0.4 is 5.73 Å². The number of rotatable bonds is 2. The van der Waals surface area contributed by atoms with Gasteiger partial charge in [0.15, 0.2) is 11.5 Å². The molecule has 86 valence electrons. The van der Waals surface area contributed by atoms with Gasteiger partial charge in [0.2, 0.25) is 0 Å². The predicted molar refractivity (Wildman–Crippen MR) is 52.8 cm³/mol. The lowest BCUT2D eigenvalue weighted by Crippen LogP contribution is -2.08. The van der Waals surface area contributed by atoms with Crippen LogP contribution in [-0.4, -0.2) is 11.2 Å². The number of nitrogens with zero attached hydrogens (tertiary/aromatic N) is 1. The number of fused-ring (bicyclic) bond motifs is 1. The van der Waals surface area contributed by atoms with Crippen LogP contribution in [0.5, 0.6) is 0 Å². The quantitative estimate of drug-likeness (QED) is 0.807. The molecule has 6 heteroatoms. The minimum atomic E-state index is -4.19. The van der Waals surface area contributed by atoms with E-state index < -0.39 is 12.6 Å². The van der Waals surface area contributed by atoms with Crippen LogP contribution in [-0.2, 0) is 6.42 Å². The zero-order valence-corrected chi connectivity index (χ0v) is 8.21. The number of nitrogen functional groups attached to an aromatic ring is 1. The van der Waals surface area contributed by atoms with Crippen molar-refractivity contribution in [3.63, 3.8) is 0 Å². The van der Waals surface area contributed by atoms with Crippen LogP contribution in [0.25, 0.3) is 11.1 Å². The minimum Gasteiger partial charge on any atom is -0.441 e. The Morgan fingerprint density at radius 2 is 2.06 bits per heavy atom. The molecule has 0 saturated carbocycles. The molecule has 0 fully saturated rings. The van der Waals surface area contributed by atoms with Gasteiger partial charge < -0.3 is 10.2 Å². The first kappa shape index (κ1) is 10.8. The summed E-state index contributed by atoms with van der Waals surface area (Å²) in [6.45, 7) is 0. The number of benzene rings is 1. The third-order valence-electron chi connectivity index (χ3n) is 2.08. The van der Waals surface area contributed by atoms with Gasteiger partial charge in [-0.3, -0.25) is 0 Å². The number of hydrogen-bond donors (Lipinski definition) is 1. The molecule has 16 heavy (non-hydrogen) atoms. The molecular weight excluding hydrogens is 221 g/mol. The standard InChI is InChI=1S/C10H9F3N2O/c11-10(12,13)4-3-9-15-7-2-1-6(14)5-8(7)16-9/h1-2,5H,3-4,14H2. The van der Waals surface area contributed by atoms with Crippen molar-refractivity contribution in [2.45, 2.75) is 19.0 Å². The van der Waals surface area contributed by atoms with Crippen molar-refractivity contribution in [1.82, 2.24) is 4.98 Å². The molecule has 0 bridgehead atoms. The van der Waals surface area contributed by atoms with Crippen molar-refractivity contribution in [3.8, 4) is 0 Å². The molecule has 2 rings (SSSR count). The SMILES string of the molecule is Nc1ccc2nc(CCC(F)(F)F)oc2c1. The molecule has 0 amide bonds. The molecule has 0 saturated heterocycles. The molecule has 1 heterocycles. The fourth-order valence-electron chi connectivity index (χ4n) is 1.34. The number of hydrogen-bond acceptors (Lipinski definition) is 3. The van der Waals surface area contributed by atoms with Crippen LogP contribution in [0.15, 0.2) is 22.6 Å². The number of nitrogens with two attached hydrogens (primary N) is 1. The summed E-state index contributed by atoms with van der Waals surface area (Å²) in [6.07, 6.45) is -5.38. The van der Waals surface area contributed by atoms with Crippen molar-refractivity contribution in [2.75, 3.05) is 5.73 Å². The molecule has 0 aliphatic carbocycles. The molecular formula is C10H9F3N2O. The van der Waals surface area contributed by atoms with E-state index in [0.29, 0.717) is 16.8 Å². The Hall–Kier alpha value is -1.72. The topological polar surface area (TPSA) is 52.0 Å². The molecule has 0 unspecified atom stereocenters. The second-order valence-electron chi connectivity index (χ2n) is 3.45. The lowest BCUT2D eigenvalue weighted by Gasteiger charge is -2.02. The van der Waals surface area contributed by atoms with Gasteiger partial charge in [-0.2, -0.15) is 13.2 Å². The molecule has 0 atom stereocenters. The zero-order chi connectivity index (χ0) is 11.8. The molecule has 1 aromatic carbocycles. The van der Waals surface area contributed by atoms with E-state index in [-0.39, 0.29) is 12.3 Å². The van der Waals surface area contributed by atoms with Crippen molar-refractivity contribution in [2.24, 2.45) is 0 Å². The first-order valence-corrected chi connectivity index (χ1v) is 4.66. The van der Waals surface area contributed by atoms with E-state index in [1.54, 1.807) is 18.2 Å². The van der Waals surface area contributed by atoms with Crippen LogP contribution in [0.2, 0.25) is 0 Å². The summed E-state index contributed by atoms with van der Waals surface area (Å²) >= 11 is 0. The fourth-order valence-corrected chi connectivity index (χ4v) is 1.34. The van der Waals surface area contributed by atoms with Crippen LogP contribution in [0.3, 0.4) is 0 Å². The second-order valence-corrected chi connectivity index (χ2v) is 3.45. The smallest absolute Gasteiger partial charge is 0.389 e. The molecule has 3 nitrogen and oxygen atoms in total. The molecule has 0 spiro atoms. The van der Waals surface area contributed by atoms with E-state index in [1.165, 1.54) is 0 Å². The number of aryl methyl sites for hydroxylation is 1. The zero-order valence-electron chi connectivity index (χ0n) is 8.21. The first-order chi connectivity index (χ1) is 7.44. The van der Waals surface area contributed by atoms with Crippen molar-refractivity contribution < 1.29 is 17.6 Å². The monoisotopic (exact) mass is 230 g/mol.